The first-order valence-electron chi connectivity index (χ1n) is 7.26. The van der Waals surface area contributed by atoms with Crippen LogP contribution in [0.2, 0.25) is 0 Å². The van der Waals surface area contributed by atoms with Crippen LogP contribution in [0.5, 0.6) is 0 Å². The zero-order chi connectivity index (χ0) is 11.8. The monoisotopic (exact) mass is 223 g/mol. The molecule has 2 saturated carbocycles. The highest BCUT2D eigenvalue weighted by molar-refractivity contribution is 4.97. The number of hydrogen-bond donors (Lipinski definition) is 1. The van der Waals surface area contributed by atoms with Crippen molar-refractivity contribution in [1.29, 1.82) is 0 Å². The molecule has 2 rings (SSSR count). The Labute approximate surface area is 101 Å². The lowest BCUT2D eigenvalue weighted by Crippen LogP contribution is -2.41. The van der Waals surface area contributed by atoms with Gasteiger partial charge in [0.05, 0.1) is 0 Å². The molecule has 1 N–H and O–H groups in total. The molecule has 0 saturated heterocycles. The van der Waals surface area contributed by atoms with Crippen molar-refractivity contribution in [3.05, 3.63) is 0 Å². The van der Waals surface area contributed by atoms with Crippen molar-refractivity contribution in [1.82, 2.24) is 5.32 Å². The Morgan fingerprint density at radius 1 is 1.19 bits per heavy atom. The fraction of sp³-hybridized carbons (Fsp3) is 1.00. The van der Waals surface area contributed by atoms with Crippen LogP contribution in [0.15, 0.2) is 0 Å². The highest BCUT2D eigenvalue weighted by atomic mass is 15.0. The molecule has 2 aliphatic carbocycles. The van der Waals surface area contributed by atoms with Crippen molar-refractivity contribution < 1.29 is 0 Å². The minimum absolute atomic E-state index is 0.560. The summed E-state index contributed by atoms with van der Waals surface area (Å²) < 4.78 is 0. The lowest BCUT2D eigenvalue weighted by Gasteiger charge is -2.39. The van der Waals surface area contributed by atoms with E-state index in [-0.39, 0.29) is 0 Å². The van der Waals surface area contributed by atoms with E-state index < -0.39 is 0 Å². The van der Waals surface area contributed by atoms with Gasteiger partial charge in [-0.1, -0.05) is 34.1 Å². The molecule has 0 aromatic heterocycles. The summed E-state index contributed by atoms with van der Waals surface area (Å²) in [6, 6.07) is 1.66. The van der Waals surface area contributed by atoms with Gasteiger partial charge in [0.1, 0.15) is 0 Å². The van der Waals surface area contributed by atoms with Gasteiger partial charge in [-0.25, -0.2) is 0 Å². The molecule has 0 aromatic rings. The van der Waals surface area contributed by atoms with Crippen molar-refractivity contribution in [2.45, 2.75) is 78.3 Å². The molecular weight excluding hydrogens is 194 g/mol. The standard InChI is InChI=1S/C15H29N/c1-5-6-12-8-14(12)16-13-7-11(2)9-15(3,4)10-13/h11-14,16H,5-10H2,1-4H3. The minimum Gasteiger partial charge on any atom is -0.311 e. The second-order valence-corrected chi connectivity index (χ2v) is 7.17. The van der Waals surface area contributed by atoms with Crippen LogP contribution in [-0.4, -0.2) is 12.1 Å². The SMILES string of the molecule is CCCC1CC1NC1CC(C)CC(C)(C)C1. The zero-order valence-electron chi connectivity index (χ0n) is 11.6. The van der Waals surface area contributed by atoms with E-state index in [0.29, 0.717) is 5.41 Å². The topological polar surface area (TPSA) is 12.0 Å². The maximum absolute atomic E-state index is 3.91. The molecule has 16 heavy (non-hydrogen) atoms. The first-order chi connectivity index (χ1) is 7.50. The van der Waals surface area contributed by atoms with Crippen molar-refractivity contribution >= 4 is 0 Å². The minimum atomic E-state index is 0.560. The van der Waals surface area contributed by atoms with Crippen LogP contribution in [0.4, 0.5) is 0 Å². The summed E-state index contributed by atoms with van der Waals surface area (Å²) in [5.41, 5.74) is 0.560. The molecule has 1 nitrogen and oxygen atoms in total. The van der Waals surface area contributed by atoms with Crippen LogP contribution in [0.3, 0.4) is 0 Å². The largest absolute Gasteiger partial charge is 0.311 e. The number of rotatable bonds is 4. The van der Waals surface area contributed by atoms with E-state index in [1.165, 1.54) is 38.5 Å². The van der Waals surface area contributed by atoms with Crippen LogP contribution < -0.4 is 5.32 Å². The smallest absolute Gasteiger partial charge is 0.0102 e. The lowest BCUT2D eigenvalue weighted by atomic mass is 9.70. The Bertz CT molecular complexity index is 234. The van der Waals surface area contributed by atoms with Crippen LogP contribution in [0.25, 0.3) is 0 Å². The Hall–Kier alpha value is -0.0400. The summed E-state index contributed by atoms with van der Waals surface area (Å²) in [7, 11) is 0. The summed E-state index contributed by atoms with van der Waals surface area (Å²) in [6.07, 6.45) is 8.43. The van der Waals surface area contributed by atoms with Gasteiger partial charge in [0.2, 0.25) is 0 Å². The fourth-order valence-electron chi connectivity index (χ4n) is 3.92. The average molecular weight is 223 g/mol. The van der Waals surface area contributed by atoms with Crippen LogP contribution in [0, 0.1) is 17.3 Å². The molecule has 0 aromatic carbocycles. The molecule has 4 unspecified atom stereocenters. The van der Waals surface area contributed by atoms with Gasteiger partial charge >= 0.3 is 0 Å². The van der Waals surface area contributed by atoms with Crippen molar-refractivity contribution in [3.63, 3.8) is 0 Å². The van der Waals surface area contributed by atoms with Crippen LogP contribution >= 0.6 is 0 Å². The molecule has 4 atom stereocenters. The van der Waals surface area contributed by atoms with E-state index in [1.807, 2.05) is 0 Å². The molecule has 0 aliphatic heterocycles. The van der Waals surface area contributed by atoms with Gasteiger partial charge in [-0.2, -0.15) is 0 Å². The van der Waals surface area contributed by atoms with Crippen molar-refractivity contribution in [3.8, 4) is 0 Å². The lowest BCUT2D eigenvalue weighted by molar-refractivity contribution is 0.149. The summed E-state index contributed by atoms with van der Waals surface area (Å²) >= 11 is 0. The predicted molar refractivity (Wildman–Crippen MR) is 70.5 cm³/mol. The van der Waals surface area contributed by atoms with Crippen LogP contribution in [-0.2, 0) is 0 Å². The van der Waals surface area contributed by atoms with Crippen molar-refractivity contribution in [2.24, 2.45) is 17.3 Å². The van der Waals surface area contributed by atoms with E-state index in [9.17, 15) is 0 Å². The second kappa shape index (κ2) is 4.68. The second-order valence-electron chi connectivity index (χ2n) is 7.17. The van der Waals surface area contributed by atoms with Gasteiger partial charge in [0, 0.05) is 12.1 Å². The maximum Gasteiger partial charge on any atom is 0.0102 e. The Morgan fingerprint density at radius 3 is 2.56 bits per heavy atom. The normalized spacial score (nSPS) is 42.0. The predicted octanol–water partition coefficient (Wildman–Crippen LogP) is 3.98. The van der Waals surface area contributed by atoms with E-state index in [0.717, 1.165) is 23.9 Å². The van der Waals surface area contributed by atoms with Gasteiger partial charge in [-0.3, -0.25) is 0 Å². The molecule has 0 radical (unpaired) electrons. The first-order valence-corrected chi connectivity index (χ1v) is 7.26. The van der Waals surface area contributed by atoms with Crippen LogP contribution in [0.1, 0.15) is 66.2 Å². The molecule has 2 aliphatic rings. The Morgan fingerprint density at radius 2 is 1.94 bits per heavy atom. The van der Waals surface area contributed by atoms with Gasteiger partial charge in [0.25, 0.3) is 0 Å². The molecule has 0 heterocycles. The Balaban J connectivity index is 1.78. The van der Waals surface area contributed by atoms with Gasteiger partial charge in [-0.15, -0.1) is 0 Å². The molecule has 94 valence electrons. The fourth-order valence-corrected chi connectivity index (χ4v) is 3.92. The van der Waals surface area contributed by atoms with E-state index in [2.05, 4.69) is 33.0 Å². The third-order valence-electron chi connectivity index (χ3n) is 4.42. The van der Waals surface area contributed by atoms with Gasteiger partial charge in [-0.05, 0) is 49.4 Å². The van der Waals surface area contributed by atoms with Gasteiger partial charge < -0.3 is 5.32 Å². The molecule has 2 fully saturated rings. The highest BCUT2D eigenvalue weighted by Crippen LogP contribution is 2.41. The summed E-state index contributed by atoms with van der Waals surface area (Å²) in [6.45, 7) is 9.61. The molecule has 0 spiro atoms. The summed E-state index contributed by atoms with van der Waals surface area (Å²) in [4.78, 5) is 0. The molecular formula is C15H29N. The average Bonchev–Trinajstić information content (AvgIpc) is 2.79. The molecule has 0 bridgehead atoms. The van der Waals surface area contributed by atoms with Gasteiger partial charge in [0.15, 0.2) is 0 Å². The van der Waals surface area contributed by atoms with E-state index in [4.69, 9.17) is 0 Å². The summed E-state index contributed by atoms with van der Waals surface area (Å²) in [5, 5.41) is 3.91. The third-order valence-corrected chi connectivity index (χ3v) is 4.42. The maximum atomic E-state index is 3.91. The Kier molecular flexibility index (Phi) is 3.63. The first kappa shape index (κ1) is 12.4. The summed E-state index contributed by atoms with van der Waals surface area (Å²) in [5.74, 6) is 1.91. The molecule has 0 amide bonds. The highest BCUT2D eigenvalue weighted by Gasteiger charge is 2.40. The quantitative estimate of drug-likeness (QED) is 0.760. The zero-order valence-corrected chi connectivity index (χ0v) is 11.6. The third kappa shape index (κ3) is 3.23. The number of nitrogens with one attached hydrogen (secondary N) is 1. The number of hydrogen-bond acceptors (Lipinski definition) is 1. The van der Waals surface area contributed by atoms with E-state index in [1.54, 1.807) is 0 Å². The molecule has 1 heteroatoms. The van der Waals surface area contributed by atoms with E-state index >= 15 is 0 Å². The van der Waals surface area contributed by atoms with Crippen molar-refractivity contribution in [2.75, 3.05) is 0 Å².